The van der Waals surface area contributed by atoms with E-state index >= 15 is 0 Å². The minimum atomic E-state index is 0.937. The zero-order chi connectivity index (χ0) is 12.6. The van der Waals surface area contributed by atoms with Gasteiger partial charge in [-0.15, -0.1) is 11.8 Å². The first-order valence-electron chi connectivity index (χ1n) is 6.94. The lowest BCUT2D eigenvalue weighted by Gasteiger charge is -2.21. The van der Waals surface area contributed by atoms with Crippen LogP contribution in [0.15, 0.2) is 33.6 Å². The highest BCUT2D eigenvalue weighted by Gasteiger charge is 2.12. The highest BCUT2D eigenvalue weighted by molar-refractivity contribution is 9.10. The van der Waals surface area contributed by atoms with Crippen LogP contribution in [0.5, 0.6) is 0 Å². The standard InChI is InChI=1S/C15H22BrNS/c16-14-8-4-5-9-15(14)18-11-10-17-12-13-6-2-1-3-7-13/h4-5,8-9,13,17H,1-3,6-7,10-12H2. The Balaban J connectivity index is 1.57. The van der Waals surface area contributed by atoms with Gasteiger partial charge in [0.1, 0.15) is 0 Å². The van der Waals surface area contributed by atoms with Gasteiger partial charge in [-0.1, -0.05) is 31.4 Å². The van der Waals surface area contributed by atoms with Gasteiger partial charge in [0.15, 0.2) is 0 Å². The normalized spacial score (nSPS) is 16.9. The minimum Gasteiger partial charge on any atom is -0.316 e. The van der Waals surface area contributed by atoms with E-state index in [0.717, 1.165) is 18.2 Å². The van der Waals surface area contributed by atoms with Crippen LogP contribution in [0.4, 0.5) is 0 Å². The molecule has 1 N–H and O–H groups in total. The van der Waals surface area contributed by atoms with Crippen LogP contribution in [-0.2, 0) is 0 Å². The van der Waals surface area contributed by atoms with Crippen LogP contribution < -0.4 is 5.32 Å². The fraction of sp³-hybridized carbons (Fsp3) is 0.600. The first-order valence-corrected chi connectivity index (χ1v) is 8.72. The number of hydrogen-bond acceptors (Lipinski definition) is 2. The van der Waals surface area contributed by atoms with Crippen molar-refractivity contribution in [2.45, 2.75) is 37.0 Å². The molecule has 1 aliphatic rings. The maximum absolute atomic E-state index is 3.61. The molecular formula is C15H22BrNS. The summed E-state index contributed by atoms with van der Waals surface area (Å²) >= 11 is 5.51. The van der Waals surface area contributed by atoms with Crippen molar-refractivity contribution >= 4 is 27.7 Å². The van der Waals surface area contributed by atoms with Crippen molar-refractivity contribution in [3.63, 3.8) is 0 Å². The molecule has 0 bridgehead atoms. The summed E-state index contributed by atoms with van der Waals surface area (Å²) in [5, 5.41) is 3.61. The van der Waals surface area contributed by atoms with E-state index in [1.54, 1.807) is 0 Å². The van der Waals surface area contributed by atoms with Gasteiger partial charge < -0.3 is 5.32 Å². The Hall–Kier alpha value is 0.01000. The van der Waals surface area contributed by atoms with Crippen molar-refractivity contribution in [3.8, 4) is 0 Å². The van der Waals surface area contributed by atoms with Crippen LogP contribution in [0.2, 0.25) is 0 Å². The summed E-state index contributed by atoms with van der Waals surface area (Å²) in [4.78, 5) is 1.34. The fourth-order valence-electron chi connectivity index (χ4n) is 2.49. The van der Waals surface area contributed by atoms with Gasteiger partial charge in [-0.3, -0.25) is 0 Å². The van der Waals surface area contributed by atoms with Crippen LogP contribution in [-0.4, -0.2) is 18.8 Å². The van der Waals surface area contributed by atoms with Crippen LogP contribution in [0, 0.1) is 5.92 Å². The van der Waals surface area contributed by atoms with E-state index in [-0.39, 0.29) is 0 Å². The fourth-order valence-corrected chi connectivity index (χ4v) is 3.97. The zero-order valence-electron chi connectivity index (χ0n) is 10.8. The molecule has 100 valence electrons. The van der Waals surface area contributed by atoms with Crippen molar-refractivity contribution in [3.05, 3.63) is 28.7 Å². The summed E-state index contributed by atoms with van der Waals surface area (Å²) in [5.41, 5.74) is 0. The summed E-state index contributed by atoms with van der Waals surface area (Å²) in [6, 6.07) is 8.45. The van der Waals surface area contributed by atoms with Gasteiger partial charge in [-0.2, -0.15) is 0 Å². The molecule has 1 fully saturated rings. The SMILES string of the molecule is Brc1ccccc1SCCNCC1CCCCC1. The predicted molar refractivity (Wildman–Crippen MR) is 84.3 cm³/mol. The molecule has 0 atom stereocenters. The molecule has 0 spiro atoms. The summed E-state index contributed by atoms with van der Waals surface area (Å²) < 4.78 is 1.21. The Morgan fingerprint density at radius 1 is 1.17 bits per heavy atom. The van der Waals surface area contributed by atoms with E-state index in [2.05, 4.69) is 45.5 Å². The minimum absolute atomic E-state index is 0.937. The number of hydrogen-bond donors (Lipinski definition) is 1. The smallest absolute Gasteiger partial charge is 0.0311 e. The Bertz CT molecular complexity index is 350. The van der Waals surface area contributed by atoms with E-state index in [1.807, 2.05) is 11.8 Å². The summed E-state index contributed by atoms with van der Waals surface area (Å²) in [5.74, 6) is 2.09. The molecule has 18 heavy (non-hydrogen) atoms. The number of thioether (sulfide) groups is 1. The summed E-state index contributed by atoms with van der Waals surface area (Å²) in [6.07, 6.45) is 7.21. The molecule has 0 amide bonds. The van der Waals surface area contributed by atoms with Gasteiger partial charge in [0.25, 0.3) is 0 Å². The average molecular weight is 328 g/mol. The van der Waals surface area contributed by atoms with Gasteiger partial charge in [-0.05, 0) is 53.4 Å². The van der Waals surface area contributed by atoms with E-state index < -0.39 is 0 Å². The van der Waals surface area contributed by atoms with Crippen LogP contribution >= 0.6 is 27.7 Å². The molecule has 1 aliphatic carbocycles. The third-order valence-corrected chi connectivity index (χ3v) is 5.56. The maximum Gasteiger partial charge on any atom is 0.0311 e. The molecule has 1 aromatic rings. The van der Waals surface area contributed by atoms with E-state index in [0.29, 0.717) is 0 Å². The maximum atomic E-state index is 3.61. The molecular weight excluding hydrogens is 306 g/mol. The predicted octanol–water partition coefficient (Wildman–Crippen LogP) is 4.71. The molecule has 2 rings (SSSR count). The number of halogens is 1. The molecule has 1 saturated carbocycles. The molecule has 0 radical (unpaired) electrons. The lowest BCUT2D eigenvalue weighted by molar-refractivity contribution is 0.345. The van der Waals surface area contributed by atoms with Crippen molar-refractivity contribution < 1.29 is 0 Å². The Morgan fingerprint density at radius 3 is 2.72 bits per heavy atom. The Labute approximate surface area is 123 Å². The van der Waals surface area contributed by atoms with E-state index in [9.17, 15) is 0 Å². The molecule has 0 unspecified atom stereocenters. The van der Waals surface area contributed by atoms with Gasteiger partial charge >= 0.3 is 0 Å². The summed E-state index contributed by atoms with van der Waals surface area (Å²) in [6.45, 7) is 2.33. The second-order valence-corrected chi connectivity index (χ2v) is 6.98. The third kappa shape index (κ3) is 4.94. The van der Waals surface area contributed by atoms with Gasteiger partial charge in [0.2, 0.25) is 0 Å². The molecule has 1 nitrogen and oxygen atoms in total. The lowest BCUT2D eigenvalue weighted by atomic mass is 9.89. The highest BCUT2D eigenvalue weighted by Crippen LogP contribution is 2.26. The van der Waals surface area contributed by atoms with Gasteiger partial charge in [0, 0.05) is 21.7 Å². The largest absolute Gasteiger partial charge is 0.316 e. The monoisotopic (exact) mass is 327 g/mol. The van der Waals surface area contributed by atoms with Crippen LogP contribution in [0.25, 0.3) is 0 Å². The van der Waals surface area contributed by atoms with Crippen molar-refractivity contribution in [1.82, 2.24) is 5.32 Å². The second kappa shape index (κ2) is 8.23. The van der Waals surface area contributed by atoms with Crippen molar-refractivity contribution in [1.29, 1.82) is 0 Å². The van der Waals surface area contributed by atoms with Gasteiger partial charge in [0.05, 0.1) is 0 Å². The van der Waals surface area contributed by atoms with Crippen molar-refractivity contribution in [2.75, 3.05) is 18.8 Å². The first-order chi connectivity index (χ1) is 8.86. The molecule has 0 saturated heterocycles. The lowest BCUT2D eigenvalue weighted by Crippen LogP contribution is -2.26. The van der Waals surface area contributed by atoms with Gasteiger partial charge in [-0.25, -0.2) is 0 Å². The van der Waals surface area contributed by atoms with Crippen LogP contribution in [0.1, 0.15) is 32.1 Å². The molecule has 0 aliphatic heterocycles. The number of rotatable bonds is 6. The Kier molecular flexibility index (Phi) is 6.60. The van der Waals surface area contributed by atoms with Crippen LogP contribution in [0.3, 0.4) is 0 Å². The summed E-state index contributed by atoms with van der Waals surface area (Å²) in [7, 11) is 0. The number of nitrogens with one attached hydrogen (secondary N) is 1. The average Bonchev–Trinajstić information content (AvgIpc) is 2.42. The highest BCUT2D eigenvalue weighted by atomic mass is 79.9. The van der Waals surface area contributed by atoms with E-state index in [4.69, 9.17) is 0 Å². The Morgan fingerprint density at radius 2 is 1.94 bits per heavy atom. The zero-order valence-corrected chi connectivity index (χ0v) is 13.2. The third-order valence-electron chi connectivity index (χ3n) is 3.53. The second-order valence-electron chi connectivity index (χ2n) is 4.99. The van der Waals surface area contributed by atoms with E-state index in [1.165, 1.54) is 48.0 Å². The molecule has 3 heteroatoms. The number of benzene rings is 1. The molecule has 0 aromatic heterocycles. The van der Waals surface area contributed by atoms with Crippen molar-refractivity contribution in [2.24, 2.45) is 5.92 Å². The first kappa shape index (κ1) is 14.4. The molecule has 0 heterocycles. The topological polar surface area (TPSA) is 12.0 Å². The molecule has 1 aromatic carbocycles. The quantitative estimate of drug-likeness (QED) is 0.599.